The number of nitrogens with zero attached hydrogens (tertiary/aromatic N) is 1. The summed E-state index contributed by atoms with van der Waals surface area (Å²) in [7, 11) is 0. The van der Waals surface area contributed by atoms with E-state index in [4.69, 9.17) is 0 Å². The minimum Gasteiger partial charge on any atom is -0.317 e. The van der Waals surface area contributed by atoms with Crippen LogP contribution in [0.25, 0.3) is 0 Å². The van der Waals surface area contributed by atoms with Crippen LogP contribution >= 0.6 is 0 Å². The molecule has 2 aliphatic rings. The Hall–Kier alpha value is -0.940. The van der Waals surface area contributed by atoms with Gasteiger partial charge in [0, 0.05) is 12.1 Å². The highest BCUT2D eigenvalue weighted by atomic mass is 16.2. The monoisotopic (exact) mass is 253 g/mol. The molecule has 18 heavy (non-hydrogen) atoms. The fraction of sp³-hybridized carbons (Fsp3) is 0.846. The fourth-order valence-corrected chi connectivity index (χ4v) is 2.70. The summed E-state index contributed by atoms with van der Waals surface area (Å²) in [6, 6.07) is 0.0873. The number of likely N-dealkylation sites (tertiary alicyclic amines) is 1. The van der Waals surface area contributed by atoms with Crippen LogP contribution in [-0.4, -0.2) is 47.9 Å². The van der Waals surface area contributed by atoms with Gasteiger partial charge >= 0.3 is 0 Å². The Morgan fingerprint density at radius 3 is 2.67 bits per heavy atom. The van der Waals surface area contributed by atoms with E-state index in [1.165, 1.54) is 4.90 Å². The van der Waals surface area contributed by atoms with E-state index >= 15 is 0 Å². The molecular weight excluding hydrogens is 230 g/mol. The minimum atomic E-state index is -0.297. The molecule has 2 unspecified atom stereocenters. The van der Waals surface area contributed by atoms with E-state index in [0.717, 1.165) is 32.4 Å². The Kier molecular flexibility index (Phi) is 4.35. The molecule has 5 nitrogen and oxygen atoms in total. The predicted molar refractivity (Wildman–Crippen MR) is 69.0 cm³/mol. The first-order chi connectivity index (χ1) is 8.63. The maximum absolute atomic E-state index is 12.2. The number of carbonyl (C=O) groups is 2. The third kappa shape index (κ3) is 2.72. The molecule has 2 fully saturated rings. The second kappa shape index (κ2) is 5.80. The van der Waals surface area contributed by atoms with E-state index < -0.39 is 0 Å². The number of piperidine rings is 1. The van der Waals surface area contributed by atoms with Crippen LogP contribution in [0, 0.1) is 0 Å². The number of imide groups is 1. The smallest absolute Gasteiger partial charge is 0.247 e. The lowest BCUT2D eigenvalue weighted by Gasteiger charge is -2.27. The molecule has 2 N–H and O–H groups in total. The van der Waals surface area contributed by atoms with Gasteiger partial charge in [0.2, 0.25) is 11.8 Å². The second-order valence-electron chi connectivity index (χ2n) is 5.31. The van der Waals surface area contributed by atoms with Gasteiger partial charge in [0.05, 0.1) is 12.5 Å². The average Bonchev–Trinajstić information content (AvgIpc) is 2.65. The Morgan fingerprint density at radius 1 is 1.39 bits per heavy atom. The zero-order chi connectivity index (χ0) is 13.1. The molecule has 0 aromatic carbocycles. The molecule has 2 aliphatic heterocycles. The standard InChI is InChI=1S/C13H23N3O2/c1-3-9(2)16-12(17)8-11(13(16)18)15-10-4-6-14-7-5-10/h9-11,14-15H,3-8H2,1-2H3. The average molecular weight is 253 g/mol. The minimum absolute atomic E-state index is 0.0184. The summed E-state index contributed by atoms with van der Waals surface area (Å²) in [5, 5.41) is 6.65. The van der Waals surface area contributed by atoms with Crippen molar-refractivity contribution in [3.8, 4) is 0 Å². The lowest BCUT2D eigenvalue weighted by Crippen LogP contribution is -2.48. The molecule has 0 aromatic rings. The van der Waals surface area contributed by atoms with Gasteiger partial charge in [0.25, 0.3) is 0 Å². The van der Waals surface area contributed by atoms with Crippen LogP contribution in [0.3, 0.4) is 0 Å². The molecule has 2 rings (SSSR count). The first kappa shape index (κ1) is 13.5. The number of hydrogen-bond acceptors (Lipinski definition) is 4. The summed E-state index contributed by atoms with van der Waals surface area (Å²) >= 11 is 0. The van der Waals surface area contributed by atoms with E-state index in [9.17, 15) is 9.59 Å². The molecule has 0 bridgehead atoms. The van der Waals surface area contributed by atoms with Crippen molar-refractivity contribution in [1.29, 1.82) is 0 Å². The van der Waals surface area contributed by atoms with Gasteiger partial charge in [-0.2, -0.15) is 0 Å². The topological polar surface area (TPSA) is 61.4 Å². The molecule has 0 aromatic heterocycles. The Morgan fingerprint density at radius 2 is 2.06 bits per heavy atom. The first-order valence-electron chi connectivity index (χ1n) is 6.96. The summed E-state index contributed by atoms with van der Waals surface area (Å²) in [6.07, 6.45) is 3.20. The normalized spacial score (nSPS) is 27.9. The van der Waals surface area contributed by atoms with Crippen molar-refractivity contribution in [2.45, 2.75) is 57.7 Å². The van der Waals surface area contributed by atoms with Crippen LogP contribution in [0.4, 0.5) is 0 Å². The molecule has 0 radical (unpaired) electrons. The predicted octanol–water partition coefficient (Wildman–Crippen LogP) is 0.254. The van der Waals surface area contributed by atoms with Gasteiger partial charge in [-0.05, 0) is 39.3 Å². The Balaban J connectivity index is 1.94. The molecule has 0 spiro atoms. The first-order valence-corrected chi connectivity index (χ1v) is 6.96. The van der Waals surface area contributed by atoms with Gasteiger partial charge < -0.3 is 10.6 Å². The van der Waals surface area contributed by atoms with Gasteiger partial charge in [0.15, 0.2) is 0 Å². The van der Waals surface area contributed by atoms with Crippen molar-refractivity contribution in [3.63, 3.8) is 0 Å². The van der Waals surface area contributed by atoms with E-state index in [-0.39, 0.29) is 23.9 Å². The zero-order valence-corrected chi connectivity index (χ0v) is 11.2. The van der Waals surface area contributed by atoms with Crippen LogP contribution in [0.5, 0.6) is 0 Å². The van der Waals surface area contributed by atoms with Crippen LogP contribution in [0.15, 0.2) is 0 Å². The van der Waals surface area contributed by atoms with Crippen molar-refractivity contribution in [2.75, 3.05) is 13.1 Å². The summed E-state index contributed by atoms with van der Waals surface area (Å²) in [6.45, 7) is 5.91. The van der Waals surface area contributed by atoms with Crippen LogP contribution < -0.4 is 10.6 Å². The van der Waals surface area contributed by atoms with E-state index in [0.29, 0.717) is 12.5 Å². The molecule has 5 heteroatoms. The maximum atomic E-state index is 12.2. The number of amides is 2. The number of carbonyl (C=O) groups excluding carboxylic acids is 2. The molecule has 2 saturated heterocycles. The second-order valence-corrected chi connectivity index (χ2v) is 5.31. The van der Waals surface area contributed by atoms with Crippen LogP contribution in [0.2, 0.25) is 0 Å². The van der Waals surface area contributed by atoms with Crippen LogP contribution in [0.1, 0.15) is 39.5 Å². The summed E-state index contributed by atoms with van der Waals surface area (Å²) in [4.78, 5) is 25.6. The summed E-state index contributed by atoms with van der Waals surface area (Å²) in [5.41, 5.74) is 0. The molecule has 2 atom stereocenters. The van der Waals surface area contributed by atoms with E-state index in [2.05, 4.69) is 10.6 Å². The van der Waals surface area contributed by atoms with Gasteiger partial charge in [-0.25, -0.2) is 0 Å². The molecule has 0 aliphatic carbocycles. The molecule has 2 heterocycles. The van der Waals surface area contributed by atoms with Crippen molar-refractivity contribution < 1.29 is 9.59 Å². The lowest BCUT2D eigenvalue weighted by atomic mass is 10.1. The highest BCUT2D eigenvalue weighted by Gasteiger charge is 2.41. The molecule has 2 amide bonds. The summed E-state index contributed by atoms with van der Waals surface area (Å²) < 4.78 is 0. The quantitative estimate of drug-likeness (QED) is 0.705. The van der Waals surface area contributed by atoms with Crippen molar-refractivity contribution in [2.24, 2.45) is 0 Å². The summed E-state index contributed by atoms with van der Waals surface area (Å²) in [5.74, 6) is -0.0614. The number of rotatable bonds is 4. The van der Waals surface area contributed by atoms with Gasteiger partial charge in [-0.1, -0.05) is 6.92 Å². The number of nitrogens with one attached hydrogen (secondary N) is 2. The van der Waals surface area contributed by atoms with E-state index in [1.54, 1.807) is 0 Å². The fourth-order valence-electron chi connectivity index (χ4n) is 2.70. The highest BCUT2D eigenvalue weighted by Crippen LogP contribution is 2.19. The van der Waals surface area contributed by atoms with Crippen LogP contribution in [-0.2, 0) is 9.59 Å². The molecular formula is C13H23N3O2. The third-order valence-corrected chi connectivity index (χ3v) is 3.99. The third-order valence-electron chi connectivity index (χ3n) is 3.99. The van der Waals surface area contributed by atoms with Crippen molar-refractivity contribution in [3.05, 3.63) is 0 Å². The molecule has 0 saturated carbocycles. The lowest BCUT2D eigenvalue weighted by molar-refractivity contribution is -0.141. The number of hydrogen-bond donors (Lipinski definition) is 2. The largest absolute Gasteiger partial charge is 0.317 e. The Bertz CT molecular complexity index is 326. The van der Waals surface area contributed by atoms with Crippen molar-refractivity contribution in [1.82, 2.24) is 15.5 Å². The SMILES string of the molecule is CCC(C)N1C(=O)CC(NC2CCNCC2)C1=O. The molecule has 102 valence electrons. The Labute approximate surface area is 108 Å². The zero-order valence-electron chi connectivity index (χ0n) is 11.2. The van der Waals surface area contributed by atoms with E-state index in [1.807, 2.05) is 13.8 Å². The van der Waals surface area contributed by atoms with Gasteiger partial charge in [-0.15, -0.1) is 0 Å². The van der Waals surface area contributed by atoms with Gasteiger partial charge in [-0.3, -0.25) is 14.5 Å². The van der Waals surface area contributed by atoms with Gasteiger partial charge in [0.1, 0.15) is 0 Å². The highest BCUT2D eigenvalue weighted by molar-refractivity contribution is 6.05. The van der Waals surface area contributed by atoms with Crippen molar-refractivity contribution >= 4 is 11.8 Å². The maximum Gasteiger partial charge on any atom is 0.247 e.